The summed E-state index contributed by atoms with van der Waals surface area (Å²) in [4.78, 5) is 33.2. The van der Waals surface area contributed by atoms with Crippen LogP contribution in [0.3, 0.4) is 0 Å². The van der Waals surface area contributed by atoms with Crippen molar-refractivity contribution in [2.24, 2.45) is 0 Å². The lowest BCUT2D eigenvalue weighted by Gasteiger charge is -2.20. The van der Waals surface area contributed by atoms with Crippen LogP contribution in [0.15, 0.2) is 18.2 Å². The van der Waals surface area contributed by atoms with E-state index in [0.29, 0.717) is 0 Å². The number of hydrogen-bond acceptors (Lipinski definition) is 7. The molecule has 0 radical (unpaired) electrons. The predicted octanol–water partition coefficient (Wildman–Crippen LogP) is 2.23. The number of hydrogen-bond donors (Lipinski definition) is 2. The van der Waals surface area contributed by atoms with Crippen molar-refractivity contribution in [1.29, 1.82) is 0 Å². The van der Waals surface area contributed by atoms with E-state index in [1.807, 2.05) is 0 Å². The first-order valence-corrected chi connectivity index (χ1v) is 6.26. The Kier molecular flexibility index (Phi) is 5.28. The van der Waals surface area contributed by atoms with E-state index in [1.165, 1.54) is 19.2 Å². The highest BCUT2D eigenvalue weighted by atomic mass is 16.6. The largest absolute Gasteiger partial charge is 0.465 e. The second kappa shape index (κ2) is 6.74. The third-order valence-corrected chi connectivity index (χ3v) is 2.31. The number of nitro groups is 1. The SMILES string of the molecule is COC(=O)c1ccc(NNC(=O)OC(C)(C)C)c([N+](=O)[O-])c1. The van der Waals surface area contributed by atoms with Crippen molar-refractivity contribution in [2.75, 3.05) is 12.5 Å². The number of ether oxygens (including phenoxy) is 2. The third-order valence-electron chi connectivity index (χ3n) is 2.31. The summed E-state index contributed by atoms with van der Waals surface area (Å²) in [5.41, 5.74) is 3.50. The van der Waals surface area contributed by atoms with Crippen LogP contribution in [0.25, 0.3) is 0 Å². The number of rotatable bonds is 4. The number of nitro benzene ring substituents is 1. The van der Waals surface area contributed by atoms with Crippen molar-refractivity contribution in [2.45, 2.75) is 26.4 Å². The Bertz CT molecular complexity index is 594. The average molecular weight is 311 g/mol. The zero-order valence-electron chi connectivity index (χ0n) is 12.6. The Hall–Kier alpha value is -2.84. The molecule has 9 nitrogen and oxygen atoms in total. The Morgan fingerprint density at radius 2 is 1.91 bits per heavy atom. The molecule has 9 heteroatoms. The highest BCUT2D eigenvalue weighted by molar-refractivity contribution is 5.91. The zero-order chi connectivity index (χ0) is 16.9. The molecule has 1 rings (SSSR count). The standard InChI is InChI=1S/C13H17N3O6/c1-13(2,3)22-12(18)15-14-9-6-5-8(11(17)21-4)7-10(9)16(19)20/h5-7,14H,1-4H3,(H,15,18). The summed E-state index contributed by atoms with van der Waals surface area (Å²) in [5, 5.41) is 11.0. The molecule has 0 aromatic heterocycles. The number of anilines is 1. The molecule has 0 atom stereocenters. The van der Waals surface area contributed by atoms with Gasteiger partial charge < -0.3 is 9.47 Å². The molecule has 0 unspecified atom stereocenters. The lowest BCUT2D eigenvalue weighted by molar-refractivity contribution is -0.384. The van der Waals surface area contributed by atoms with Gasteiger partial charge in [-0.05, 0) is 32.9 Å². The maximum Gasteiger partial charge on any atom is 0.426 e. The number of benzene rings is 1. The quantitative estimate of drug-likeness (QED) is 0.497. The van der Waals surface area contributed by atoms with Gasteiger partial charge in [0.05, 0.1) is 17.6 Å². The van der Waals surface area contributed by atoms with Gasteiger partial charge in [-0.3, -0.25) is 15.5 Å². The lowest BCUT2D eigenvalue weighted by atomic mass is 10.2. The number of amides is 1. The fourth-order valence-electron chi connectivity index (χ4n) is 1.46. The van der Waals surface area contributed by atoms with Crippen molar-refractivity contribution in [3.63, 3.8) is 0 Å². The van der Waals surface area contributed by atoms with E-state index >= 15 is 0 Å². The van der Waals surface area contributed by atoms with Crippen molar-refractivity contribution in [3.8, 4) is 0 Å². The van der Waals surface area contributed by atoms with E-state index in [4.69, 9.17) is 4.74 Å². The predicted molar refractivity (Wildman–Crippen MR) is 77.4 cm³/mol. The molecule has 22 heavy (non-hydrogen) atoms. The second-order valence-corrected chi connectivity index (χ2v) is 5.23. The van der Waals surface area contributed by atoms with Crippen LogP contribution < -0.4 is 10.9 Å². The Balaban J connectivity index is 2.89. The van der Waals surface area contributed by atoms with E-state index in [0.717, 1.165) is 6.07 Å². The highest BCUT2D eigenvalue weighted by Gasteiger charge is 2.20. The Labute approximate surface area is 126 Å². The summed E-state index contributed by atoms with van der Waals surface area (Å²) in [7, 11) is 1.17. The maximum atomic E-state index is 11.5. The van der Waals surface area contributed by atoms with E-state index in [-0.39, 0.29) is 16.9 Å². The van der Waals surface area contributed by atoms with Gasteiger partial charge in [0.2, 0.25) is 0 Å². The molecule has 1 aromatic rings. The molecule has 0 bridgehead atoms. The number of methoxy groups -OCH3 is 1. The zero-order valence-corrected chi connectivity index (χ0v) is 12.6. The van der Waals surface area contributed by atoms with Crippen LogP contribution in [-0.2, 0) is 9.47 Å². The first-order chi connectivity index (χ1) is 10.1. The summed E-state index contributed by atoms with van der Waals surface area (Å²) < 4.78 is 9.47. The fourth-order valence-corrected chi connectivity index (χ4v) is 1.46. The smallest absolute Gasteiger partial charge is 0.426 e. The average Bonchev–Trinajstić information content (AvgIpc) is 2.42. The van der Waals surface area contributed by atoms with Gasteiger partial charge in [0, 0.05) is 6.07 Å². The number of carbonyl (C=O) groups is 2. The van der Waals surface area contributed by atoms with Gasteiger partial charge in [0.1, 0.15) is 11.3 Å². The number of nitrogens with one attached hydrogen (secondary N) is 2. The fraction of sp³-hybridized carbons (Fsp3) is 0.385. The summed E-state index contributed by atoms with van der Waals surface area (Å²) in [5.74, 6) is -0.699. The van der Waals surface area contributed by atoms with Crippen molar-refractivity contribution in [1.82, 2.24) is 5.43 Å². The van der Waals surface area contributed by atoms with Crippen LogP contribution in [0.5, 0.6) is 0 Å². The Morgan fingerprint density at radius 3 is 2.41 bits per heavy atom. The van der Waals surface area contributed by atoms with Crippen molar-refractivity contribution in [3.05, 3.63) is 33.9 Å². The highest BCUT2D eigenvalue weighted by Crippen LogP contribution is 2.25. The molecule has 120 valence electrons. The molecule has 0 saturated carbocycles. The minimum absolute atomic E-state index is 0.00325. The van der Waals surface area contributed by atoms with Gasteiger partial charge in [0.25, 0.3) is 5.69 Å². The molecule has 0 aliphatic heterocycles. The molecular weight excluding hydrogens is 294 g/mol. The normalized spacial score (nSPS) is 10.5. The molecule has 0 fully saturated rings. The molecule has 0 aliphatic carbocycles. The van der Waals surface area contributed by atoms with Gasteiger partial charge >= 0.3 is 12.1 Å². The molecular formula is C13H17N3O6. The first-order valence-electron chi connectivity index (χ1n) is 6.26. The van der Waals surface area contributed by atoms with Gasteiger partial charge in [-0.2, -0.15) is 0 Å². The monoisotopic (exact) mass is 311 g/mol. The topological polar surface area (TPSA) is 120 Å². The number of esters is 1. The second-order valence-electron chi connectivity index (χ2n) is 5.23. The van der Waals surface area contributed by atoms with E-state index < -0.39 is 22.6 Å². The van der Waals surface area contributed by atoms with Gasteiger partial charge in [-0.15, -0.1) is 0 Å². The lowest BCUT2D eigenvalue weighted by Crippen LogP contribution is -2.36. The molecule has 0 spiro atoms. The van der Waals surface area contributed by atoms with Gasteiger partial charge in [-0.25, -0.2) is 15.0 Å². The molecule has 0 saturated heterocycles. The maximum absolute atomic E-state index is 11.5. The van der Waals surface area contributed by atoms with Crippen LogP contribution >= 0.6 is 0 Å². The van der Waals surface area contributed by atoms with Crippen LogP contribution in [0.4, 0.5) is 16.2 Å². The number of hydrazine groups is 1. The summed E-state index contributed by atoms with van der Waals surface area (Å²) in [6.07, 6.45) is -0.793. The van der Waals surface area contributed by atoms with Crippen LogP contribution in [0, 0.1) is 10.1 Å². The molecule has 1 amide bonds. The molecule has 1 aromatic carbocycles. The summed E-state index contributed by atoms with van der Waals surface area (Å²) in [6.45, 7) is 5.04. The molecule has 2 N–H and O–H groups in total. The van der Waals surface area contributed by atoms with E-state index in [1.54, 1.807) is 20.8 Å². The minimum atomic E-state index is -0.793. The van der Waals surface area contributed by atoms with Gasteiger partial charge in [-0.1, -0.05) is 0 Å². The summed E-state index contributed by atoms with van der Waals surface area (Å²) in [6, 6.07) is 3.66. The van der Waals surface area contributed by atoms with Crippen LogP contribution in [-0.4, -0.2) is 29.7 Å². The van der Waals surface area contributed by atoms with E-state index in [2.05, 4.69) is 15.6 Å². The summed E-state index contributed by atoms with van der Waals surface area (Å²) >= 11 is 0. The minimum Gasteiger partial charge on any atom is -0.465 e. The molecule has 0 aliphatic rings. The van der Waals surface area contributed by atoms with Crippen LogP contribution in [0.1, 0.15) is 31.1 Å². The number of nitrogens with zero attached hydrogens (tertiary/aromatic N) is 1. The van der Waals surface area contributed by atoms with Gasteiger partial charge in [0.15, 0.2) is 0 Å². The Morgan fingerprint density at radius 1 is 1.27 bits per heavy atom. The van der Waals surface area contributed by atoms with E-state index in [9.17, 15) is 19.7 Å². The first kappa shape index (κ1) is 17.2. The van der Waals surface area contributed by atoms with Crippen LogP contribution in [0.2, 0.25) is 0 Å². The third kappa shape index (κ3) is 4.93. The molecule has 0 heterocycles. The number of carbonyl (C=O) groups excluding carboxylic acids is 2. The van der Waals surface area contributed by atoms with Crippen molar-refractivity contribution >= 4 is 23.4 Å². The van der Waals surface area contributed by atoms with Crippen molar-refractivity contribution < 1.29 is 24.0 Å².